The van der Waals surface area contributed by atoms with Gasteiger partial charge in [0.15, 0.2) is 5.82 Å². The van der Waals surface area contributed by atoms with Gasteiger partial charge in [0.05, 0.1) is 19.2 Å². The third-order valence-corrected chi connectivity index (χ3v) is 5.93. The number of hydrogen-bond acceptors (Lipinski definition) is 7. The molecule has 0 aliphatic carbocycles. The number of hydrogen-bond donors (Lipinski definition) is 2. The van der Waals surface area contributed by atoms with Gasteiger partial charge in [-0.1, -0.05) is 49.7 Å². The van der Waals surface area contributed by atoms with Gasteiger partial charge in [0.25, 0.3) is 5.56 Å². The van der Waals surface area contributed by atoms with E-state index in [0.29, 0.717) is 28.9 Å². The topological polar surface area (TPSA) is 146 Å². The summed E-state index contributed by atoms with van der Waals surface area (Å²) in [6.45, 7) is 2.27. The number of aryl methyl sites for hydroxylation is 1. The van der Waals surface area contributed by atoms with Gasteiger partial charge in [-0.05, 0) is 52.1 Å². The SMILES string of the molecule is CCCCc1cc(C(=O)OC)cc(=O)n1Cc1ccc(-c2ccccc2-c2nnn[nH]2)c(C(N)=O)c1.[K]. The average Bonchev–Trinajstić information content (AvgIpc) is 3.43. The van der Waals surface area contributed by atoms with E-state index in [1.807, 2.05) is 30.3 Å². The summed E-state index contributed by atoms with van der Waals surface area (Å²) in [5.41, 5.74) is 9.49. The van der Waals surface area contributed by atoms with E-state index in [-0.39, 0.29) is 69.1 Å². The molecule has 37 heavy (non-hydrogen) atoms. The molecular formula is C26H26KN6O4. The molecule has 2 aromatic heterocycles. The van der Waals surface area contributed by atoms with Crippen molar-refractivity contribution < 1.29 is 14.3 Å². The number of nitrogens with zero attached hydrogens (tertiary/aromatic N) is 4. The molecule has 10 nitrogen and oxygen atoms in total. The monoisotopic (exact) mass is 525 g/mol. The molecule has 11 heteroatoms. The molecule has 185 valence electrons. The van der Waals surface area contributed by atoms with Crippen LogP contribution in [0.4, 0.5) is 0 Å². The Morgan fingerprint density at radius 3 is 2.46 bits per heavy atom. The van der Waals surface area contributed by atoms with E-state index >= 15 is 0 Å². The van der Waals surface area contributed by atoms with Crippen LogP contribution in [0.2, 0.25) is 0 Å². The second-order valence-corrected chi connectivity index (χ2v) is 8.29. The molecule has 1 radical (unpaired) electrons. The normalized spacial score (nSPS) is 10.5. The Bertz CT molecular complexity index is 1470. The first-order chi connectivity index (χ1) is 17.4. The summed E-state index contributed by atoms with van der Waals surface area (Å²) < 4.78 is 6.40. The van der Waals surface area contributed by atoms with Gasteiger partial charge in [-0.3, -0.25) is 9.59 Å². The van der Waals surface area contributed by atoms with Crippen molar-refractivity contribution in [2.24, 2.45) is 5.73 Å². The van der Waals surface area contributed by atoms with Crippen LogP contribution in [0.1, 0.15) is 51.7 Å². The fraction of sp³-hybridized carbons (Fsp3) is 0.231. The summed E-state index contributed by atoms with van der Waals surface area (Å²) in [6.07, 6.45) is 2.40. The first-order valence-corrected chi connectivity index (χ1v) is 11.5. The number of carbonyl (C=O) groups is 2. The van der Waals surface area contributed by atoms with E-state index in [9.17, 15) is 14.4 Å². The zero-order chi connectivity index (χ0) is 25.7. The summed E-state index contributed by atoms with van der Waals surface area (Å²) >= 11 is 0. The number of methoxy groups -OCH3 is 1. The van der Waals surface area contributed by atoms with Gasteiger partial charge in [0.1, 0.15) is 0 Å². The number of rotatable bonds is 9. The van der Waals surface area contributed by atoms with Crippen molar-refractivity contribution >= 4 is 63.3 Å². The molecule has 4 rings (SSSR count). The van der Waals surface area contributed by atoms with Crippen LogP contribution in [0, 0.1) is 0 Å². The maximum Gasteiger partial charge on any atom is 0.338 e. The van der Waals surface area contributed by atoms with Gasteiger partial charge in [-0.2, -0.15) is 0 Å². The maximum atomic E-state index is 13.0. The van der Waals surface area contributed by atoms with E-state index < -0.39 is 11.9 Å². The van der Waals surface area contributed by atoms with Crippen molar-refractivity contribution in [1.82, 2.24) is 25.2 Å². The van der Waals surface area contributed by atoms with Crippen molar-refractivity contribution in [2.75, 3.05) is 7.11 Å². The number of H-pyrrole nitrogens is 1. The van der Waals surface area contributed by atoms with Crippen LogP contribution in [-0.2, 0) is 17.7 Å². The number of benzene rings is 2. The van der Waals surface area contributed by atoms with Crippen molar-refractivity contribution in [1.29, 1.82) is 0 Å². The van der Waals surface area contributed by atoms with Gasteiger partial charge in [-0.25, -0.2) is 9.89 Å². The molecule has 2 aromatic carbocycles. The van der Waals surface area contributed by atoms with Crippen LogP contribution < -0.4 is 11.3 Å². The third-order valence-electron chi connectivity index (χ3n) is 5.93. The van der Waals surface area contributed by atoms with Crippen LogP contribution in [0.15, 0.2) is 59.4 Å². The molecule has 0 atom stereocenters. The Kier molecular flexibility index (Phi) is 10.1. The third kappa shape index (κ3) is 6.49. The molecule has 0 aliphatic heterocycles. The fourth-order valence-electron chi connectivity index (χ4n) is 4.14. The molecule has 2 heterocycles. The molecule has 0 fully saturated rings. The molecular weight excluding hydrogens is 499 g/mol. The minimum Gasteiger partial charge on any atom is -0.465 e. The Balaban J connectivity index is 0.00000380. The molecule has 0 saturated heterocycles. The predicted octanol–water partition coefficient (Wildman–Crippen LogP) is 2.59. The van der Waals surface area contributed by atoms with Crippen LogP contribution in [-0.4, -0.2) is 95.6 Å². The predicted molar refractivity (Wildman–Crippen MR) is 139 cm³/mol. The van der Waals surface area contributed by atoms with Crippen molar-refractivity contribution in [2.45, 2.75) is 32.7 Å². The Hall–Kier alpha value is -2.96. The molecule has 4 aromatic rings. The van der Waals surface area contributed by atoms with Crippen molar-refractivity contribution in [3.8, 4) is 22.5 Å². The number of primary amides is 1. The Morgan fingerprint density at radius 2 is 1.81 bits per heavy atom. The first kappa shape index (κ1) is 28.6. The number of nitrogens with two attached hydrogens (primary N) is 1. The molecule has 3 N–H and O–H groups in total. The van der Waals surface area contributed by atoms with E-state index in [0.717, 1.165) is 29.7 Å². The smallest absolute Gasteiger partial charge is 0.338 e. The van der Waals surface area contributed by atoms with Gasteiger partial charge in [0.2, 0.25) is 5.91 Å². The molecule has 1 amide bonds. The standard InChI is InChI=1S/C26H26N6O4.K/c1-3-4-7-18-13-17(26(35)36-2)14-23(33)32(18)15-16-10-11-20(22(12-16)24(27)34)19-8-5-6-9-21(19)25-28-30-31-29-25;/h5-6,8-14H,3-4,7,15H2,1-2H3,(H2,27,34)(H,28,29,30,31);. The average molecular weight is 526 g/mol. The van der Waals surface area contributed by atoms with Crippen LogP contribution in [0.3, 0.4) is 0 Å². The van der Waals surface area contributed by atoms with E-state index in [1.54, 1.807) is 22.8 Å². The van der Waals surface area contributed by atoms with E-state index in [2.05, 4.69) is 27.5 Å². The number of pyridine rings is 1. The number of unbranched alkanes of at least 4 members (excludes halogenated alkanes) is 1. The number of nitrogens with one attached hydrogen (secondary N) is 1. The number of aromatic amines is 1. The molecule has 0 bridgehead atoms. The summed E-state index contributed by atoms with van der Waals surface area (Å²) in [6, 6.07) is 15.7. The molecule has 0 aliphatic rings. The molecule has 0 saturated carbocycles. The first-order valence-electron chi connectivity index (χ1n) is 11.5. The van der Waals surface area contributed by atoms with Crippen LogP contribution in [0.5, 0.6) is 0 Å². The number of aromatic nitrogens is 5. The van der Waals surface area contributed by atoms with E-state index in [4.69, 9.17) is 10.5 Å². The minimum absolute atomic E-state index is 0. The van der Waals surface area contributed by atoms with Crippen molar-refractivity contribution in [3.63, 3.8) is 0 Å². The molecule has 0 spiro atoms. The van der Waals surface area contributed by atoms with Gasteiger partial charge in [-0.15, -0.1) is 5.10 Å². The number of amides is 1. The van der Waals surface area contributed by atoms with Gasteiger partial charge in [0, 0.05) is 74.3 Å². The zero-order valence-electron chi connectivity index (χ0n) is 21.0. The fourth-order valence-corrected chi connectivity index (χ4v) is 4.14. The summed E-state index contributed by atoms with van der Waals surface area (Å²) in [4.78, 5) is 37.5. The Labute approximate surface area is 256 Å². The van der Waals surface area contributed by atoms with Crippen LogP contribution in [0.25, 0.3) is 22.5 Å². The maximum absolute atomic E-state index is 13.0. The molecule has 0 unspecified atom stereocenters. The van der Waals surface area contributed by atoms with Crippen molar-refractivity contribution in [3.05, 3.63) is 87.3 Å². The largest absolute Gasteiger partial charge is 0.465 e. The number of esters is 1. The number of ether oxygens (including phenoxy) is 1. The zero-order valence-corrected chi connectivity index (χ0v) is 24.1. The number of carbonyl (C=O) groups excluding carboxylic acids is 2. The summed E-state index contributed by atoms with van der Waals surface area (Å²) in [7, 11) is 1.28. The second-order valence-electron chi connectivity index (χ2n) is 8.29. The van der Waals surface area contributed by atoms with Gasteiger partial charge >= 0.3 is 5.97 Å². The van der Waals surface area contributed by atoms with Crippen LogP contribution >= 0.6 is 0 Å². The summed E-state index contributed by atoms with van der Waals surface area (Å²) in [5.74, 6) is -0.696. The quantitative estimate of drug-likeness (QED) is 0.252. The van der Waals surface area contributed by atoms with Gasteiger partial charge < -0.3 is 15.0 Å². The van der Waals surface area contributed by atoms with E-state index in [1.165, 1.54) is 13.2 Å². The summed E-state index contributed by atoms with van der Waals surface area (Å²) in [5, 5.41) is 14.0. The Morgan fingerprint density at radius 1 is 1.05 bits per heavy atom. The second kappa shape index (κ2) is 13.0. The number of tetrazole rings is 1. The minimum atomic E-state index is -0.600.